The second-order valence-corrected chi connectivity index (χ2v) is 9.07. The van der Waals surface area contributed by atoms with Crippen molar-refractivity contribution in [2.24, 2.45) is 11.0 Å². The molecule has 3 rings (SSSR count). The third kappa shape index (κ3) is 7.47. The third-order valence-electron chi connectivity index (χ3n) is 5.25. The zero-order valence-corrected chi connectivity index (χ0v) is 21.6. The van der Waals surface area contributed by atoms with E-state index in [4.69, 9.17) is 32.7 Å². The highest BCUT2D eigenvalue weighted by Gasteiger charge is 2.24. The normalized spacial score (nSPS) is 11.8. The van der Waals surface area contributed by atoms with Crippen molar-refractivity contribution in [3.63, 3.8) is 0 Å². The summed E-state index contributed by atoms with van der Waals surface area (Å²) in [5.74, 6) is 0.128. The van der Waals surface area contributed by atoms with E-state index in [1.54, 1.807) is 60.7 Å². The van der Waals surface area contributed by atoms with Gasteiger partial charge in [0.15, 0.2) is 11.5 Å². The second kappa shape index (κ2) is 13.0. The molecule has 2 N–H and O–H groups in total. The number of nitrogens with one attached hydrogen (secondary N) is 2. The van der Waals surface area contributed by atoms with Crippen LogP contribution in [0.4, 0.5) is 0 Å². The van der Waals surface area contributed by atoms with Crippen LogP contribution < -0.4 is 20.2 Å². The molecule has 2 amide bonds. The number of carbonyl (C=O) groups excluding carboxylic acids is 2. The number of hydrogen-bond donors (Lipinski definition) is 2. The van der Waals surface area contributed by atoms with Crippen LogP contribution in [0.25, 0.3) is 0 Å². The first-order valence-electron chi connectivity index (χ1n) is 11.2. The van der Waals surface area contributed by atoms with Crippen LogP contribution >= 0.6 is 23.2 Å². The smallest absolute Gasteiger partial charge is 0.262 e. The fraction of sp³-hybridized carbons (Fsp3) is 0.222. The van der Waals surface area contributed by atoms with Gasteiger partial charge in [0, 0.05) is 21.2 Å². The minimum Gasteiger partial charge on any atom is -0.493 e. The van der Waals surface area contributed by atoms with Gasteiger partial charge < -0.3 is 14.8 Å². The Bertz CT molecular complexity index is 1230. The summed E-state index contributed by atoms with van der Waals surface area (Å²) in [7, 11) is 1.53. The zero-order chi connectivity index (χ0) is 26.1. The van der Waals surface area contributed by atoms with Crippen LogP contribution in [-0.4, -0.2) is 31.2 Å². The topological polar surface area (TPSA) is 89.0 Å². The highest BCUT2D eigenvalue weighted by Crippen LogP contribution is 2.29. The summed E-state index contributed by atoms with van der Waals surface area (Å²) in [6.45, 7) is 3.93. The fourth-order valence-electron chi connectivity index (χ4n) is 3.27. The van der Waals surface area contributed by atoms with Gasteiger partial charge in [0.1, 0.15) is 12.6 Å². The average molecular weight is 528 g/mol. The van der Waals surface area contributed by atoms with Gasteiger partial charge in [-0.1, -0.05) is 61.3 Å². The van der Waals surface area contributed by atoms with Gasteiger partial charge in [0.2, 0.25) is 0 Å². The number of rotatable bonds is 10. The number of halogens is 2. The highest BCUT2D eigenvalue weighted by atomic mass is 35.5. The van der Waals surface area contributed by atoms with Crippen LogP contribution in [0, 0.1) is 5.92 Å². The molecule has 36 heavy (non-hydrogen) atoms. The predicted molar refractivity (Wildman–Crippen MR) is 142 cm³/mol. The Balaban J connectivity index is 1.61. The first-order chi connectivity index (χ1) is 17.3. The number of hydrogen-bond acceptors (Lipinski definition) is 5. The van der Waals surface area contributed by atoms with Crippen LogP contribution in [0.15, 0.2) is 71.8 Å². The average Bonchev–Trinajstić information content (AvgIpc) is 2.87. The van der Waals surface area contributed by atoms with E-state index in [0.717, 1.165) is 5.56 Å². The molecule has 0 fully saturated rings. The molecule has 0 bridgehead atoms. The molecule has 0 aliphatic rings. The number of nitrogens with zero attached hydrogens (tertiary/aromatic N) is 1. The molecule has 7 nitrogen and oxygen atoms in total. The Hall–Kier alpha value is -3.55. The van der Waals surface area contributed by atoms with E-state index in [-0.39, 0.29) is 18.4 Å². The molecule has 0 saturated heterocycles. The maximum atomic E-state index is 12.7. The van der Waals surface area contributed by atoms with E-state index in [0.29, 0.717) is 32.7 Å². The van der Waals surface area contributed by atoms with Gasteiger partial charge >= 0.3 is 0 Å². The Labute approximate surface area is 220 Å². The first-order valence-corrected chi connectivity index (χ1v) is 12.0. The molecule has 0 radical (unpaired) electrons. The number of methoxy groups -OCH3 is 1. The van der Waals surface area contributed by atoms with Crippen LogP contribution in [0.1, 0.15) is 35.3 Å². The lowest BCUT2D eigenvalue weighted by atomic mass is 10.0. The molecule has 1 unspecified atom stereocenters. The Morgan fingerprint density at radius 2 is 1.75 bits per heavy atom. The van der Waals surface area contributed by atoms with E-state index in [1.807, 2.05) is 19.9 Å². The van der Waals surface area contributed by atoms with E-state index in [9.17, 15) is 9.59 Å². The summed E-state index contributed by atoms with van der Waals surface area (Å²) in [5, 5.41) is 7.87. The lowest BCUT2D eigenvalue weighted by Crippen LogP contribution is -2.48. The lowest BCUT2D eigenvalue weighted by Gasteiger charge is -2.20. The molecule has 3 aromatic rings. The molecule has 0 spiro atoms. The lowest BCUT2D eigenvalue weighted by molar-refractivity contribution is -0.123. The van der Waals surface area contributed by atoms with Gasteiger partial charge in [0.25, 0.3) is 11.8 Å². The first kappa shape index (κ1) is 27.0. The van der Waals surface area contributed by atoms with Crippen LogP contribution in [-0.2, 0) is 11.4 Å². The molecular weight excluding hydrogens is 501 g/mol. The van der Waals surface area contributed by atoms with Crippen molar-refractivity contribution < 1.29 is 19.1 Å². The van der Waals surface area contributed by atoms with Gasteiger partial charge in [-0.15, -0.1) is 0 Å². The molecule has 0 heterocycles. The van der Waals surface area contributed by atoms with E-state index >= 15 is 0 Å². The van der Waals surface area contributed by atoms with Gasteiger partial charge in [-0.3, -0.25) is 9.59 Å². The number of hydrazone groups is 1. The van der Waals surface area contributed by atoms with Gasteiger partial charge in [-0.25, -0.2) is 5.43 Å². The number of carbonyl (C=O) groups is 2. The van der Waals surface area contributed by atoms with Gasteiger partial charge in [0.05, 0.1) is 13.3 Å². The molecule has 0 aliphatic heterocycles. The Morgan fingerprint density at radius 1 is 1.00 bits per heavy atom. The van der Waals surface area contributed by atoms with Gasteiger partial charge in [-0.2, -0.15) is 5.10 Å². The van der Waals surface area contributed by atoms with E-state index in [1.165, 1.54) is 13.3 Å². The zero-order valence-electron chi connectivity index (χ0n) is 20.1. The molecule has 0 aromatic heterocycles. The largest absolute Gasteiger partial charge is 0.493 e. The summed E-state index contributed by atoms with van der Waals surface area (Å²) in [4.78, 5) is 25.2. The van der Waals surface area contributed by atoms with Crippen molar-refractivity contribution in [2.45, 2.75) is 26.5 Å². The highest BCUT2D eigenvalue weighted by molar-refractivity contribution is 6.35. The maximum Gasteiger partial charge on any atom is 0.262 e. The Morgan fingerprint density at radius 3 is 2.42 bits per heavy atom. The standard InChI is InChI=1S/C27H27Cl2N3O4/c1-17(2)25(31-26(33)19-7-5-4-6-8-19)27(34)32-30-15-18-9-12-23(24(13-18)35-3)36-16-20-10-11-21(28)14-22(20)29/h4-15,17,25H,16H2,1-3H3,(H,31,33)(H,32,34)/b30-15+. The molecule has 0 aliphatic carbocycles. The monoisotopic (exact) mass is 527 g/mol. The van der Waals surface area contributed by atoms with E-state index in [2.05, 4.69) is 15.8 Å². The summed E-state index contributed by atoms with van der Waals surface area (Å²) < 4.78 is 11.3. The molecular formula is C27H27Cl2N3O4. The molecule has 188 valence electrons. The molecule has 1 atom stereocenters. The molecule has 3 aromatic carbocycles. The quantitative estimate of drug-likeness (QED) is 0.269. The minimum atomic E-state index is -0.750. The SMILES string of the molecule is COc1cc(/C=N/NC(=O)C(NC(=O)c2ccccc2)C(C)C)ccc1OCc1ccc(Cl)cc1Cl. The van der Waals surface area contributed by atoms with Crippen molar-refractivity contribution in [1.29, 1.82) is 0 Å². The number of amides is 2. The minimum absolute atomic E-state index is 0.140. The van der Waals surface area contributed by atoms with Crippen LogP contribution in [0.2, 0.25) is 10.0 Å². The summed E-state index contributed by atoms with van der Waals surface area (Å²) in [6.07, 6.45) is 1.48. The van der Waals surface area contributed by atoms with Crippen molar-refractivity contribution in [3.05, 3.63) is 93.5 Å². The van der Waals surface area contributed by atoms with Crippen molar-refractivity contribution >= 4 is 41.2 Å². The van der Waals surface area contributed by atoms with Crippen molar-refractivity contribution in [1.82, 2.24) is 10.7 Å². The molecule has 9 heteroatoms. The Kier molecular flexibility index (Phi) is 9.73. The third-order valence-corrected chi connectivity index (χ3v) is 5.83. The fourth-order valence-corrected chi connectivity index (χ4v) is 3.73. The second-order valence-electron chi connectivity index (χ2n) is 8.23. The molecule has 0 saturated carbocycles. The van der Waals surface area contributed by atoms with Crippen LogP contribution in [0.3, 0.4) is 0 Å². The van der Waals surface area contributed by atoms with Crippen LogP contribution in [0.5, 0.6) is 11.5 Å². The van der Waals surface area contributed by atoms with Crippen molar-refractivity contribution in [2.75, 3.05) is 7.11 Å². The van der Waals surface area contributed by atoms with Gasteiger partial charge in [-0.05, 0) is 53.9 Å². The summed E-state index contributed by atoms with van der Waals surface area (Å²) in [5.41, 5.74) is 4.44. The van der Waals surface area contributed by atoms with Crippen molar-refractivity contribution in [3.8, 4) is 11.5 Å². The number of ether oxygens (including phenoxy) is 2. The van der Waals surface area contributed by atoms with E-state index < -0.39 is 11.9 Å². The summed E-state index contributed by atoms with van der Waals surface area (Å²) >= 11 is 12.1. The maximum absolute atomic E-state index is 12.7. The summed E-state index contributed by atoms with van der Waals surface area (Å²) in [6, 6.07) is 18.4. The predicted octanol–water partition coefficient (Wildman–Crippen LogP) is 5.49. The number of benzene rings is 3.